The van der Waals surface area contributed by atoms with Crippen LogP contribution < -0.4 is 0 Å². The lowest BCUT2D eigenvalue weighted by molar-refractivity contribution is 0.525. The first kappa shape index (κ1) is 22.4. The van der Waals surface area contributed by atoms with Crippen LogP contribution in [-0.2, 0) is 0 Å². The van der Waals surface area contributed by atoms with E-state index in [2.05, 4.69) is 23.1 Å². The van der Waals surface area contributed by atoms with Crippen molar-refractivity contribution in [2.75, 3.05) is 0 Å². The average molecular weight is 329 g/mol. The van der Waals surface area contributed by atoms with Gasteiger partial charge in [0.05, 0.1) is 0 Å². The molecular weight excluding hydrogens is 283 g/mol. The highest BCUT2D eigenvalue weighted by Crippen LogP contribution is 2.16. The van der Waals surface area contributed by atoms with Crippen LogP contribution in [0.4, 0.5) is 0 Å². The third-order valence-corrected chi connectivity index (χ3v) is 5.76. The number of hydrogen-bond donors (Lipinski definition) is 0. The van der Waals surface area contributed by atoms with Gasteiger partial charge in [0.25, 0.3) is 0 Å². The van der Waals surface area contributed by atoms with Gasteiger partial charge >= 0.3 is 0 Å². The van der Waals surface area contributed by atoms with Crippen LogP contribution in [0.1, 0.15) is 129 Å². The second-order valence-electron chi connectivity index (χ2n) is 7.26. The summed E-state index contributed by atoms with van der Waals surface area (Å²) in [7, 11) is 2.98. The summed E-state index contributed by atoms with van der Waals surface area (Å²) < 4.78 is 0. The number of rotatable bonds is 18. The maximum Gasteiger partial charge on any atom is -0.0267 e. The lowest BCUT2D eigenvalue weighted by atomic mass is 10.0. The van der Waals surface area contributed by atoms with Gasteiger partial charge in [0.15, 0.2) is 0 Å². The minimum Gasteiger partial charge on any atom is -0.134 e. The molecule has 22 heavy (non-hydrogen) atoms. The Morgan fingerprint density at radius 1 is 0.500 bits per heavy atom. The molecule has 1 heteroatoms. The molecule has 0 aromatic heterocycles. The Morgan fingerprint density at radius 2 is 0.818 bits per heavy atom. The smallest absolute Gasteiger partial charge is 0.0267 e. The lowest BCUT2D eigenvalue weighted by Gasteiger charge is -2.07. The molecule has 0 spiro atoms. The molecule has 2 unspecified atom stereocenters. The summed E-state index contributed by atoms with van der Waals surface area (Å²) in [6, 6.07) is 0. The summed E-state index contributed by atoms with van der Waals surface area (Å²) in [6.45, 7) is 4.59. The zero-order valence-corrected chi connectivity index (χ0v) is 17.0. The molecule has 0 aromatic carbocycles. The van der Waals surface area contributed by atoms with E-state index in [4.69, 9.17) is 0 Å². The largest absolute Gasteiger partial charge is 0.134 e. The summed E-state index contributed by atoms with van der Waals surface area (Å²) in [5, 5.41) is 0. The fourth-order valence-corrected chi connectivity index (χ4v) is 3.39. The molecule has 0 aliphatic rings. The van der Waals surface area contributed by atoms with Crippen LogP contribution in [0.5, 0.6) is 0 Å². The Kier molecular flexibility index (Phi) is 19.9. The maximum absolute atomic E-state index is 2.98. The molecule has 0 heterocycles. The van der Waals surface area contributed by atoms with Gasteiger partial charge in [-0.3, -0.25) is 0 Å². The van der Waals surface area contributed by atoms with Gasteiger partial charge in [-0.15, -0.1) is 9.24 Å². The van der Waals surface area contributed by atoms with Crippen molar-refractivity contribution in [1.82, 2.24) is 0 Å². The minimum absolute atomic E-state index is 0.867. The Balaban J connectivity index is 2.97. The number of unbranched alkanes of at least 4 members (excludes halogenated alkanes) is 15. The van der Waals surface area contributed by atoms with Gasteiger partial charge in [-0.1, -0.05) is 117 Å². The average Bonchev–Trinajstić information content (AvgIpc) is 2.54. The quantitative estimate of drug-likeness (QED) is 0.175. The van der Waals surface area contributed by atoms with Crippen molar-refractivity contribution < 1.29 is 0 Å². The highest BCUT2D eigenvalue weighted by atomic mass is 31.0. The molecule has 0 saturated heterocycles. The summed E-state index contributed by atoms with van der Waals surface area (Å²) >= 11 is 0. The molecule has 0 aromatic rings. The number of hydrogen-bond acceptors (Lipinski definition) is 0. The fraction of sp³-hybridized carbons (Fsp3) is 1.00. The third kappa shape index (κ3) is 18.5. The van der Waals surface area contributed by atoms with Crippen LogP contribution >= 0.6 is 9.24 Å². The Labute approximate surface area is 144 Å². The molecule has 0 fully saturated rings. The van der Waals surface area contributed by atoms with Gasteiger partial charge in [-0.05, 0) is 18.5 Å². The van der Waals surface area contributed by atoms with Crippen molar-refractivity contribution >= 4 is 9.24 Å². The van der Waals surface area contributed by atoms with Gasteiger partial charge in [0.2, 0.25) is 0 Å². The van der Waals surface area contributed by atoms with Crippen LogP contribution in [0.3, 0.4) is 0 Å². The van der Waals surface area contributed by atoms with E-state index in [1.165, 1.54) is 116 Å². The van der Waals surface area contributed by atoms with E-state index in [9.17, 15) is 0 Å². The molecule has 0 amide bonds. The highest BCUT2D eigenvalue weighted by Gasteiger charge is 1.98. The van der Waals surface area contributed by atoms with E-state index in [0.29, 0.717) is 0 Å². The van der Waals surface area contributed by atoms with Crippen molar-refractivity contribution in [2.24, 2.45) is 0 Å². The Morgan fingerprint density at radius 3 is 1.14 bits per heavy atom. The van der Waals surface area contributed by atoms with Gasteiger partial charge < -0.3 is 0 Å². The molecule has 0 rings (SSSR count). The fourth-order valence-electron chi connectivity index (χ4n) is 3.16. The van der Waals surface area contributed by atoms with Crippen LogP contribution in [0.15, 0.2) is 0 Å². The van der Waals surface area contributed by atoms with Crippen molar-refractivity contribution in [3.05, 3.63) is 0 Å². The second kappa shape index (κ2) is 19.5. The molecule has 0 N–H and O–H groups in total. The SMILES string of the molecule is CCCCCCCCCCCCCCCCCCC(P)CC. The van der Waals surface area contributed by atoms with Crippen molar-refractivity contribution in [3.63, 3.8) is 0 Å². The first-order chi connectivity index (χ1) is 10.8. The first-order valence-electron chi connectivity index (χ1n) is 10.6. The van der Waals surface area contributed by atoms with E-state index < -0.39 is 0 Å². The summed E-state index contributed by atoms with van der Waals surface area (Å²) in [5.41, 5.74) is 0.867. The van der Waals surface area contributed by atoms with Gasteiger partial charge in [-0.2, -0.15) is 0 Å². The molecule has 134 valence electrons. The minimum atomic E-state index is 0.867. The van der Waals surface area contributed by atoms with Gasteiger partial charge in [0.1, 0.15) is 0 Å². The van der Waals surface area contributed by atoms with Crippen molar-refractivity contribution in [1.29, 1.82) is 0 Å². The van der Waals surface area contributed by atoms with E-state index in [1.54, 1.807) is 0 Å². The summed E-state index contributed by atoms with van der Waals surface area (Å²) in [6.07, 6.45) is 26.2. The summed E-state index contributed by atoms with van der Waals surface area (Å²) in [4.78, 5) is 0. The predicted molar refractivity (Wildman–Crippen MR) is 108 cm³/mol. The molecule has 0 bridgehead atoms. The lowest BCUT2D eigenvalue weighted by Crippen LogP contribution is -1.94. The monoisotopic (exact) mass is 328 g/mol. The van der Waals surface area contributed by atoms with Crippen molar-refractivity contribution in [2.45, 2.75) is 135 Å². The van der Waals surface area contributed by atoms with E-state index in [-0.39, 0.29) is 0 Å². The molecule has 0 radical (unpaired) electrons. The molecule has 0 nitrogen and oxygen atoms in total. The standard InChI is InChI=1S/C21H45P/c1-3-5-6-7-8-9-10-11-12-13-14-15-16-17-18-19-20-21(22)4-2/h21H,3-20,22H2,1-2H3. The molecule has 0 saturated carbocycles. The molecule has 0 aliphatic heterocycles. The third-order valence-electron chi connectivity index (χ3n) is 4.95. The predicted octanol–water partition coefficient (Wildman–Crippen LogP) is 8.29. The van der Waals surface area contributed by atoms with Gasteiger partial charge in [-0.25, -0.2) is 0 Å². The Bertz CT molecular complexity index is 190. The normalized spacial score (nSPS) is 12.7. The highest BCUT2D eigenvalue weighted by molar-refractivity contribution is 7.17. The van der Waals surface area contributed by atoms with Crippen LogP contribution in [0.25, 0.3) is 0 Å². The molecule has 0 aliphatic carbocycles. The van der Waals surface area contributed by atoms with E-state index >= 15 is 0 Å². The van der Waals surface area contributed by atoms with Gasteiger partial charge in [0, 0.05) is 0 Å². The second-order valence-corrected chi connectivity index (χ2v) is 8.20. The van der Waals surface area contributed by atoms with Crippen LogP contribution in [0.2, 0.25) is 0 Å². The van der Waals surface area contributed by atoms with Crippen LogP contribution in [-0.4, -0.2) is 5.66 Å². The zero-order chi connectivity index (χ0) is 16.3. The molecule has 2 atom stereocenters. The van der Waals surface area contributed by atoms with Crippen molar-refractivity contribution in [3.8, 4) is 0 Å². The maximum atomic E-state index is 2.98. The van der Waals surface area contributed by atoms with Crippen LogP contribution in [0, 0.1) is 0 Å². The first-order valence-corrected chi connectivity index (χ1v) is 11.2. The Hall–Kier alpha value is 0.430. The topological polar surface area (TPSA) is 0 Å². The molecular formula is C21H45P. The van der Waals surface area contributed by atoms with E-state index in [1.807, 2.05) is 0 Å². The zero-order valence-electron chi connectivity index (χ0n) is 15.9. The van der Waals surface area contributed by atoms with E-state index in [0.717, 1.165) is 5.66 Å². The summed E-state index contributed by atoms with van der Waals surface area (Å²) in [5.74, 6) is 0.